The van der Waals surface area contributed by atoms with E-state index >= 15 is 0 Å². The number of amides is 1. The predicted octanol–water partition coefficient (Wildman–Crippen LogP) is 4.08. The zero-order chi connectivity index (χ0) is 19.5. The molecule has 4 rings (SSSR count). The first-order valence-electron chi connectivity index (χ1n) is 8.10. The number of carbonyl (C=O) groups is 1. The van der Waals surface area contributed by atoms with Crippen LogP contribution in [0.3, 0.4) is 0 Å². The number of hydrogen-bond acceptors (Lipinski definition) is 7. The normalized spacial score (nSPS) is 10.9. The van der Waals surface area contributed by atoms with Gasteiger partial charge in [-0.25, -0.2) is 4.98 Å². The van der Waals surface area contributed by atoms with E-state index in [9.17, 15) is 9.59 Å². The van der Waals surface area contributed by atoms with E-state index in [-0.39, 0.29) is 11.5 Å². The SMILES string of the molecule is O=C(Nc1nnc(SCc2nc3ccccc3[nH]c2=O)s1)c1ccccc1Br. The summed E-state index contributed by atoms with van der Waals surface area (Å²) in [5.74, 6) is 0.0836. The van der Waals surface area contributed by atoms with Crippen LogP contribution in [0.5, 0.6) is 0 Å². The van der Waals surface area contributed by atoms with Crippen molar-refractivity contribution in [2.75, 3.05) is 5.32 Å². The number of carbonyl (C=O) groups excluding carboxylic acids is 1. The van der Waals surface area contributed by atoms with Crippen molar-refractivity contribution < 1.29 is 4.79 Å². The molecule has 4 aromatic rings. The number of fused-ring (bicyclic) bond motifs is 1. The van der Waals surface area contributed by atoms with E-state index in [0.29, 0.717) is 36.5 Å². The van der Waals surface area contributed by atoms with Gasteiger partial charge in [0.15, 0.2) is 4.34 Å². The van der Waals surface area contributed by atoms with Gasteiger partial charge in [0, 0.05) is 10.2 Å². The summed E-state index contributed by atoms with van der Waals surface area (Å²) in [6.45, 7) is 0. The van der Waals surface area contributed by atoms with Crippen LogP contribution in [0.25, 0.3) is 11.0 Å². The van der Waals surface area contributed by atoms with Crippen molar-refractivity contribution in [3.63, 3.8) is 0 Å². The number of rotatable bonds is 5. The fourth-order valence-corrected chi connectivity index (χ4v) is 4.56. The Bertz CT molecular complexity index is 1220. The highest BCUT2D eigenvalue weighted by Gasteiger charge is 2.13. The second-order valence-corrected chi connectivity index (χ2v) is 8.68. The minimum atomic E-state index is -0.271. The topological polar surface area (TPSA) is 101 Å². The van der Waals surface area contributed by atoms with Gasteiger partial charge >= 0.3 is 0 Å². The van der Waals surface area contributed by atoms with Gasteiger partial charge in [-0.3, -0.25) is 14.9 Å². The van der Waals surface area contributed by atoms with E-state index in [0.717, 1.165) is 5.52 Å². The summed E-state index contributed by atoms with van der Waals surface area (Å²) in [6, 6.07) is 14.5. The molecular formula is C18H12BrN5O2S2. The lowest BCUT2D eigenvalue weighted by atomic mass is 10.2. The maximum Gasteiger partial charge on any atom is 0.271 e. The molecule has 0 saturated heterocycles. The van der Waals surface area contributed by atoms with Gasteiger partial charge in [0.1, 0.15) is 5.69 Å². The van der Waals surface area contributed by atoms with Crippen LogP contribution in [0.4, 0.5) is 5.13 Å². The number of para-hydroxylation sites is 2. The highest BCUT2D eigenvalue weighted by atomic mass is 79.9. The van der Waals surface area contributed by atoms with E-state index in [1.165, 1.54) is 23.1 Å². The number of anilines is 1. The summed E-state index contributed by atoms with van der Waals surface area (Å²) in [6.07, 6.45) is 0. The van der Waals surface area contributed by atoms with E-state index < -0.39 is 0 Å². The Morgan fingerprint density at radius 2 is 1.93 bits per heavy atom. The fraction of sp³-hybridized carbons (Fsp3) is 0.0556. The highest BCUT2D eigenvalue weighted by molar-refractivity contribution is 9.10. The molecule has 2 N–H and O–H groups in total. The summed E-state index contributed by atoms with van der Waals surface area (Å²) in [5, 5.41) is 11.2. The highest BCUT2D eigenvalue weighted by Crippen LogP contribution is 2.28. The van der Waals surface area contributed by atoms with Crippen LogP contribution in [-0.4, -0.2) is 26.1 Å². The lowest BCUT2D eigenvalue weighted by Gasteiger charge is -2.02. The molecular weight excluding hydrogens is 462 g/mol. The molecule has 0 aliphatic heterocycles. The molecule has 0 bridgehead atoms. The molecule has 0 saturated carbocycles. The Morgan fingerprint density at radius 3 is 2.79 bits per heavy atom. The summed E-state index contributed by atoms with van der Waals surface area (Å²) in [7, 11) is 0. The minimum Gasteiger partial charge on any atom is -0.319 e. The monoisotopic (exact) mass is 473 g/mol. The lowest BCUT2D eigenvalue weighted by molar-refractivity contribution is 0.102. The maximum absolute atomic E-state index is 12.3. The molecule has 0 unspecified atom stereocenters. The number of nitrogens with one attached hydrogen (secondary N) is 2. The van der Waals surface area contributed by atoms with Crippen molar-refractivity contribution in [3.8, 4) is 0 Å². The number of aromatic amines is 1. The second-order valence-electron chi connectivity index (χ2n) is 5.63. The number of H-pyrrole nitrogens is 1. The predicted molar refractivity (Wildman–Crippen MR) is 114 cm³/mol. The zero-order valence-electron chi connectivity index (χ0n) is 14.2. The second kappa shape index (κ2) is 8.21. The standard InChI is InChI=1S/C18H12BrN5O2S2/c19-11-6-2-1-5-10(11)15(25)22-17-23-24-18(28-17)27-9-14-16(26)21-13-8-4-3-7-12(13)20-14/h1-8H,9H2,(H,21,26)(H,22,23,25). The van der Waals surface area contributed by atoms with E-state index in [1.54, 1.807) is 18.2 Å². The van der Waals surface area contributed by atoms with Crippen LogP contribution < -0.4 is 10.9 Å². The molecule has 140 valence electrons. The van der Waals surface area contributed by atoms with Gasteiger partial charge in [0.05, 0.1) is 16.6 Å². The molecule has 28 heavy (non-hydrogen) atoms. The van der Waals surface area contributed by atoms with Crippen LogP contribution in [0.1, 0.15) is 16.1 Å². The van der Waals surface area contributed by atoms with Crippen LogP contribution >= 0.6 is 39.0 Å². The van der Waals surface area contributed by atoms with Crippen LogP contribution in [-0.2, 0) is 5.75 Å². The quantitative estimate of drug-likeness (QED) is 0.334. The summed E-state index contributed by atoms with van der Waals surface area (Å²) in [5.41, 5.74) is 2.14. The Labute approximate surface area is 175 Å². The fourth-order valence-electron chi connectivity index (χ4n) is 2.42. The smallest absolute Gasteiger partial charge is 0.271 e. The Hall–Kier alpha value is -2.56. The van der Waals surface area contributed by atoms with Crippen LogP contribution in [0.2, 0.25) is 0 Å². The lowest BCUT2D eigenvalue weighted by Crippen LogP contribution is -2.14. The Kier molecular flexibility index (Phi) is 5.51. The third-order valence-corrected chi connectivity index (χ3v) is 6.42. The molecule has 0 radical (unpaired) electrons. The molecule has 10 heteroatoms. The molecule has 2 aromatic carbocycles. The number of benzene rings is 2. The van der Waals surface area contributed by atoms with Crippen LogP contribution in [0, 0.1) is 0 Å². The van der Waals surface area contributed by atoms with Crippen molar-refractivity contribution in [1.29, 1.82) is 0 Å². The Balaban J connectivity index is 1.44. The molecule has 0 aliphatic rings. The number of halogens is 1. The zero-order valence-corrected chi connectivity index (χ0v) is 17.4. The van der Waals surface area contributed by atoms with Gasteiger partial charge in [-0.05, 0) is 40.2 Å². The molecule has 0 aliphatic carbocycles. The minimum absolute atomic E-state index is 0.224. The third-order valence-electron chi connectivity index (χ3n) is 3.75. The van der Waals surface area contributed by atoms with Gasteiger partial charge < -0.3 is 4.98 Å². The number of aromatic nitrogens is 4. The first-order valence-corrected chi connectivity index (χ1v) is 10.7. The van der Waals surface area contributed by atoms with Gasteiger partial charge in [0.2, 0.25) is 5.13 Å². The summed E-state index contributed by atoms with van der Waals surface area (Å²) >= 11 is 5.94. The van der Waals surface area contributed by atoms with Crippen molar-refractivity contribution in [2.45, 2.75) is 10.1 Å². The largest absolute Gasteiger partial charge is 0.319 e. The van der Waals surface area contributed by atoms with Crippen molar-refractivity contribution in [1.82, 2.24) is 20.2 Å². The first-order chi connectivity index (χ1) is 13.6. The van der Waals surface area contributed by atoms with Gasteiger partial charge in [-0.15, -0.1) is 10.2 Å². The number of hydrogen-bond donors (Lipinski definition) is 2. The molecule has 2 aromatic heterocycles. The van der Waals surface area contributed by atoms with E-state index in [1.807, 2.05) is 30.3 Å². The van der Waals surface area contributed by atoms with Gasteiger partial charge in [-0.2, -0.15) is 0 Å². The molecule has 2 heterocycles. The average Bonchev–Trinajstić information content (AvgIpc) is 3.14. The molecule has 0 atom stereocenters. The van der Waals surface area contributed by atoms with Crippen molar-refractivity contribution >= 4 is 61.1 Å². The molecule has 1 amide bonds. The molecule has 0 fully saturated rings. The Morgan fingerprint density at radius 1 is 1.14 bits per heavy atom. The number of thioether (sulfide) groups is 1. The molecule has 0 spiro atoms. The van der Waals surface area contributed by atoms with Gasteiger partial charge in [-0.1, -0.05) is 47.4 Å². The van der Waals surface area contributed by atoms with Crippen molar-refractivity contribution in [3.05, 3.63) is 74.6 Å². The maximum atomic E-state index is 12.3. The van der Waals surface area contributed by atoms with Gasteiger partial charge in [0.25, 0.3) is 11.5 Å². The average molecular weight is 474 g/mol. The molecule has 7 nitrogen and oxygen atoms in total. The first kappa shape index (κ1) is 18.8. The summed E-state index contributed by atoms with van der Waals surface area (Å²) in [4.78, 5) is 31.7. The third kappa shape index (κ3) is 4.13. The number of nitrogens with zero attached hydrogens (tertiary/aromatic N) is 3. The van der Waals surface area contributed by atoms with Crippen molar-refractivity contribution in [2.24, 2.45) is 0 Å². The van der Waals surface area contributed by atoms with E-state index in [2.05, 4.69) is 41.4 Å². The van der Waals surface area contributed by atoms with Crippen LogP contribution in [0.15, 0.2) is 62.1 Å². The summed E-state index contributed by atoms with van der Waals surface area (Å²) < 4.78 is 1.34. The van der Waals surface area contributed by atoms with E-state index in [4.69, 9.17) is 0 Å².